The lowest BCUT2D eigenvalue weighted by molar-refractivity contribution is -0.141. The predicted molar refractivity (Wildman–Crippen MR) is 53.7 cm³/mol. The summed E-state index contributed by atoms with van der Waals surface area (Å²) in [6.07, 6.45) is 1.09. The average molecular weight is 204 g/mol. The van der Waals surface area contributed by atoms with Crippen molar-refractivity contribution in [1.82, 2.24) is 0 Å². The minimum absolute atomic E-state index is 0.402. The zero-order valence-corrected chi connectivity index (χ0v) is 8.52. The van der Waals surface area contributed by atoms with E-state index in [4.69, 9.17) is 16.6 Å². The van der Waals surface area contributed by atoms with Crippen molar-refractivity contribution in [2.75, 3.05) is 6.54 Å². The molecule has 0 amide bonds. The van der Waals surface area contributed by atoms with Crippen LogP contribution in [0.2, 0.25) is 0 Å². The highest BCUT2D eigenvalue weighted by Gasteiger charge is 2.28. The van der Waals surface area contributed by atoms with E-state index >= 15 is 0 Å². The average Bonchev–Trinajstić information content (AvgIpc) is 2.17. The van der Waals surface area contributed by atoms with Crippen molar-refractivity contribution in [3.8, 4) is 0 Å². The van der Waals surface area contributed by atoms with Gasteiger partial charge < -0.3 is 21.7 Å². The molecule has 0 aromatic rings. The third-order valence-corrected chi connectivity index (χ3v) is 2.40. The van der Waals surface area contributed by atoms with E-state index in [0.717, 1.165) is 0 Å². The molecular weight excluding hydrogens is 184 g/mol. The standard InChI is InChI=1S/C9H20N2O3/c1-2-7(12)6(4-3-5-10)8(11)9(13)14/h6-8,12H,2-5,10-11H2,1H3,(H,13,14)/t6?,7?,8-/m0/s1. The van der Waals surface area contributed by atoms with Crippen LogP contribution in [0.5, 0.6) is 0 Å². The molecule has 6 N–H and O–H groups in total. The van der Waals surface area contributed by atoms with Crippen LogP contribution in [0.25, 0.3) is 0 Å². The van der Waals surface area contributed by atoms with Gasteiger partial charge in [-0.05, 0) is 25.8 Å². The lowest BCUT2D eigenvalue weighted by Gasteiger charge is -2.25. The first-order valence-corrected chi connectivity index (χ1v) is 4.91. The quantitative estimate of drug-likeness (QED) is 0.448. The Balaban J connectivity index is 4.29. The molecule has 0 aromatic carbocycles. The minimum atomic E-state index is -1.07. The number of aliphatic hydroxyl groups excluding tert-OH is 1. The lowest BCUT2D eigenvalue weighted by atomic mass is 9.88. The molecule has 0 fully saturated rings. The van der Waals surface area contributed by atoms with Gasteiger partial charge in [0.1, 0.15) is 6.04 Å². The first kappa shape index (κ1) is 13.4. The van der Waals surface area contributed by atoms with Crippen LogP contribution in [0.1, 0.15) is 26.2 Å². The third-order valence-electron chi connectivity index (χ3n) is 2.40. The Bertz CT molecular complexity index is 175. The van der Waals surface area contributed by atoms with Crippen LogP contribution in [0.15, 0.2) is 0 Å². The van der Waals surface area contributed by atoms with Crippen LogP contribution < -0.4 is 11.5 Å². The van der Waals surface area contributed by atoms with E-state index in [1.807, 2.05) is 0 Å². The number of aliphatic hydroxyl groups is 1. The second-order valence-corrected chi connectivity index (χ2v) is 3.43. The van der Waals surface area contributed by atoms with Crippen LogP contribution in [0.4, 0.5) is 0 Å². The fourth-order valence-corrected chi connectivity index (χ4v) is 1.45. The number of carboxylic acid groups (broad SMARTS) is 1. The summed E-state index contributed by atoms with van der Waals surface area (Å²) < 4.78 is 0. The first-order chi connectivity index (χ1) is 6.54. The summed E-state index contributed by atoms with van der Waals surface area (Å²) in [4.78, 5) is 10.7. The fraction of sp³-hybridized carbons (Fsp3) is 0.889. The van der Waals surface area contributed by atoms with Crippen LogP contribution in [0, 0.1) is 5.92 Å². The van der Waals surface area contributed by atoms with Crippen LogP contribution >= 0.6 is 0 Å². The minimum Gasteiger partial charge on any atom is -0.480 e. The number of hydrogen-bond donors (Lipinski definition) is 4. The molecule has 0 heterocycles. The molecule has 0 spiro atoms. The highest BCUT2D eigenvalue weighted by Crippen LogP contribution is 2.17. The second kappa shape index (κ2) is 6.75. The summed E-state index contributed by atoms with van der Waals surface area (Å²) in [5.74, 6) is -1.47. The Morgan fingerprint density at radius 2 is 2.07 bits per heavy atom. The normalized spacial score (nSPS) is 17.4. The number of aliphatic carboxylic acids is 1. The molecule has 3 atom stereocenters. The molecule has 0 aromatic heterocycles. The number of hydrogen-bond acceptors (Lipinski definition) is 4. The monoisotopic (exact) mass is 204 g/mol. The largest absolute Gasteiger partial charge is 0.480 e. The second-order valence-electron chi connectivity index (χ2n) is 3.43. The molecule has 0 saturated carbocycles. The van der Waals surface area contributed by atoms with Gasteiger partial charge in [0, 0.05) is 5.92 Å². The Morgan fingerprint density at radius 1 is 1.50 bits per heavy atom. The van der Waals surface area contributed by atoms with Gasteiger partial charge in [-0.25, -0.2) is 0 Å². The zero-order chi connectivity index (χ0) is 11.1. The van der Waals surface area contributed by atoms with Gasteiger partial charge >= 0.3 is 5.97 Å². The molecule has 0 saturated heterocycles. The summed E-state index contributed by atoms with van der Waals surface area (Å²) >= 11 is 0. The maximum atomic E-state index is 10.7. The van der Waals surface area contributed by atoms with E-state index in [2.05, 4.69) is 0 Å². The van der Waals surface area contributed by atoms with Gasteiger partial charge in [0.05, 0.1) is 6.10 Å². The van der Waals surface area contributed by atoms with E-state index in [9.17, 15) is 9.90 Å². The predicted octanol–water partition coefficient (Wildman–Crippen LogP) is -0.476. The third kappa shape index (κ3) is 4.04. The molecule has 84 valence electrons. The first-order valence-electron chi connectivity index (χ1n) is 4.91. The summed E-state index contributed by atoms with van der Waals surface area (Å²) in [6, 6.07) is -1.00. The number of carboxylic acids is 1. The highest BCUT2D eigenvalue weighted by molar-refractivity contribution is 5.73. The summed E-state index contributed by atoms with van der Waals surface area (Å²) in [7, 11) is 0. The van der Waals surface area contributed by atoms with Crippen molar-refractivity contribution in [1.29, 1.82) is 0 Å². The number of carbonyl (C=O) groups is 1. The molecule has 0 aliphatic heterocycles. The maximum absolute atomic E-state index is 10.7. The van der Waals surface area contributed by atoms with Gasteiger partial charge in [-0.1, -0.05) is 6.92 Å². The maximum Gasteiger partial charge on any atom is 0.320 e. The van der Waals surface area contributed by atoms with Crippen molar-refractivity contribution in [3.05, 3.63) is 0 Å². The molecule has 2 unspecified atom stereocenters. The summed E-state index contributed by atoms with van der Waals surface area (Å²) in [5.41, 5.74) is 10.8. The van der Waals surface area contributed by atoms with E-state index < -0.39 is 24.0 Å². The van der Waals surface area contributed by atoms with E-state index in [1.54, 1.807) is 6.92 Å². The number of nitrogens with two attached hydrogens (primary N) is 2. The Morgan fingerprint density at radius 3 is 2.43 bits per heavy atom. The van der Waals surface area contributed by atoms with E-state index in [-0.39, 0.29) is 0 Å². The van der Waals surface area contributed by atoms with Crippen LogP contribution in [-0.4, -0.2) is 34.9 Å². The topological polar surface area (TPSA) is 110 Å². The Labute approximate surface area is 84.1 Å². The van der Waals surface area contributed by atoms with Gasteiger partial charge in [-0.3, -0.25) is 4.79 Å². The van der Waals surface area contributed by atoms with Gasteiger partial charge in [-0.15, -0.1) is 0 Å². The zero-order valence-electron chi connectivity index (χ0n) is 8.52. The SMILES string of the molecule is CCC(O)C(CCCN)[C@H](N)C(=O)O. The lowest BCUT2D eigenvalue weighted by Crippen LogP contribution is -2.43. The van der Waals surface area contributed by atoms with Gasteiger partial charge in [-0.2, -0.15) is 0 Å². The van der Waals surface area contributed by atoms with Crippen molar-refractivity contribution in [3.63, 3.8) is 0 Å². The molecule has 0 aliphatic rings. The van der Waals surface area contributed by atoms with Crippen molar-refractivity contribution in [2.24, 2.45) is 17.4 Å². The molecule has 0 aliphatic carbocycles. The molecule has 5 nitrogen and oxygen atoms in total. The van der Waals surface area contributed by atoms with E-state index in [0.29, 0.717) is 25.8 Å². The van der Waals surface area contributed by atoms with Gasteiger partial charge in [0.2, 0.25) is 0 Å². The summed E-state index contributed by atoms with van der Waals surface area (Å²) in [6.45, 7) is 2.29. The highest BCUT2D eigenvalue weighted by atomic mass is 16.4. The molecule has 0 bridgehead atoms. The van der Waals surface area contributed by atoms with Gasteiger partial charge in [0.25, 0.3) is 0 Å². The van der Waals surface area contributed by atoms with Crippen molar-refractivity contribution in [2.45, 2.75) is 38.3 Å². The molecule has 5 heteroatoms. The van der Waals surface area contributed by atoms with Gasteiger partial charge in [0.15, 0.2) is 0 Å². The Hall–Kier alpha value is -0.650. The molecule has 14 heavy (non-hydrogen) atoms. The molecule has 0 radical (unpaired) electrons. The Kier molecular flexibility index (Phi) is 6.44. The smallest absolute Gasteiger partial charge is 0.320 e. The van der Waals surface area contributed by atoms with Crippen LogP contribution in [-0.2, 0) is 4.79 Å². The van der Waals surface area contributed by atoms with Crippen molar-refractivity contribution >= 4 is 5.97 Å². The molecule has 0 rings (SSSR count). The van der Waals surface area contributed by atoms with E-state index in [1.165, 1.54) is 0 Å². The van der Waals surface area contributed by atoms with Crippen LogP contribution in [0.3, 0.4) is 0 Å². The summed E-state index contributed by atoms with van der Waals surface area (Å²) in [5, 5.41) is 18.3. The fourth-order valence-electron chi connectivity index (χ4n) is 1.45. The molecular formula is C9H20N2O3. The van der Waals surface area contributed by atoms with Crippen molar-refractivity contribution < 1.29 is 15.0 Å². The number of rotatable bonds is 7.